The van der Waals surface area contributed by atoms with E-state index >= 15 is 0 Å². The van der Waals surface area contributed by atoms with Crippen molar-refractivity contribution in [3.63, 3.8) is 0 Å². The number of carbonyl (C=O) groups is 1. The lowest BCUT2D eigenvalue weighted by atomic mass is 9.88. The maximum atomic E-state index is 12.5. The normalized spacial score (nSPS) is 17.2. The highest BCUT2D eigenvalue weighted by Gasteiger charge is 2.36. The van der Waals surface area contributed by atoms with Gasteiger partial charge in [-0.25, -0.2) is 0 Å². The molecule has 1 aliphatic rings. The van der Waals surface area contributed by atoms with Gasteiger partial charge in [0.05, 0.1) is 0 Å². The van der Waals surface area contributed by atoms with Gasteiger partial charge in [-0.05, 0) is 49.6 Å². The molecule has 0 spiro atoms. The fraction of sp³-hybridized carbons (Fsp3) is 0.381. The highest BCUT2D eigenvalue weighted by molar-refractivity contribution is 5.95. The number of hydrogen-bond donors (Lipinski definition) is 2. The molecule has 3 nitrogen and oxygen atoms in total. The van der Waals surface area contributed by atoms with E-state index in [1.54, 1.807) is 0 Å². The fourth-order valence-corrected chi connectivity index (χ4v) is 3.39. The van der Waals surface area contributed by atoms with Crippen LogP contribution in [0.3, 0.4) is 0 Å². The molecule has 3 heteroatoms. The Morgan fingerprint density at radius 1 is 0.958 bits per heavy atom. The number of benzene rings is 2. The fourth-order valence-electron chi connectivity index (χ4n) is 3.39. The van der Waals surface area contributed by atoms with Crippen molar-refractivity contribution in [1.82, 2.24) is 0 Å². The summed E-state index contributed by atoms with van der Waals surface area (Å²) in [5, 5.41) is 6.56. The largest absolute Gasteiger partial charge is 0.379 e. The molecular formula is C21H26N2O. The maximum absolute atomic E-state index is 12.5. The van der Waals surface area contributed by atoms with Crippen molar-refractivity contribution in [2.45, 2.75) is 45.6 Å². The van der Waals surface area contributed by atoms with Crippen LogP contribution in [0.4, 0.5) is 11.4 Å². The lowest BCUT2D eigenvalue weighted by molar-refractivity contribution is -0.124. The van der Waals surface area contributed by atoms with Crippen molar-refractivity contribution < 1.29 is 4.79 Å². The number of carbonyl (C=O) groups excluding carboxylic acids is 1. The average Bonchev–Trinajstić information content (AvgIpc) is 3.05. The Morgan fingerprint density at radius 3 is 2.17 bits per heavy atom. The maximum Gasteiger partial charge on any atom is 0.230 e. The summed E-state index contributed by atoms with van der Waals surface area (Å²) in [6.45, 7) is 4.22. The highest BCUT2D eigenvalue weighted by atomic mass is 16.2. The van der Waals surface area contributed by atoms with Crippen LogP contribution in [0.25, 0.3) is 0 Å². The minimum atomic E-state index is -0.196. The summed E-state index contributed by atoms with van der Waals surface area (Å²) < 4.78 is 0. The first-order valence-corrected chi connectivity index (χ1v) is 8.80. The molecule has 2 aromatic carbocycles. The molecule has 1 amide bonds. The molecule has 0 aliphatic heterocycles. The van der Waals surface area contributed by atoms with Gasteiger partial charge in [-0.2, -0.15) is 0 Å². The number of amides is 1. The number of hydrogen-bond acceptors (Lipinski definition) is 2. The molecule has 1 unspecified atom stereocenters. The third-order valence-electron chi connectivity index (χ3n) is 5.08. The molecule has 0 aromatic heterocycles. The van der Waals surface area contributed by atoms with E-state index in [1.807, 2.05) is 30.3 Å². The molecule has 3 rings (SSSR count). The van der Waals surface area contributed by atoms with Crippen LogP contribution < -0.4 is 10.6 Å². The predicted molar refractivity (Wildman–Crippen MR) is 100 cm³/mol. The van der Waals surface area contributed by atoms with Gasteiger partial charge in [0.2, 0.25) is 5.91 Å². The Kier molecular flexibility index (Phi) is 4.89. The molecule has 0 radical (unpaired) electrons. The molecular weight excluding hydrogens is 296 g/mol. The van der Waals surface area contributed by atoms with Crippen molar-refractivity contribution in [2.75, 3.05) is 10.6 Å². The summed E-state index contributed by atoms with van der Waals surface area (Å²) in [5.74, 6) is 0.151. The van der Waals surface area contributed by atoms with Crippen molar-refractivity contribution >= 4 is 17.3 Å². The lowest BCUT2D eigenvalue weighted by Crippen LogP contribution is -2.30. The molecule has 126 valence electrons. The van der Waals surface area contributed by atoms with Crippen molar-refractivity contribution in [3.05, 3.63) is 60.2 Å². The van der Waals surface area contributed by atoms with E-state index in [-0.39, 0.29) is 17.4 Å². The van der Waals surface area contributed by atoms with Gasteiger partial charge in [0.15, 0.2) is 0 Å². The van der Waals surface area contributed by atoms with Crippen LogP contribution >= 0.6 is 0 Å². The Morgan fingerprint density at radius 2 is 1.54 bits per heavy atom. The topological polar surface area (TPSA) is 41.1 Å². The summed E-state index contributed by atoms with van der Waals surface area (Å²) in [4.78, 5) is 12.5. The molecule has 0 bridgehead atoms. The molecule has 0 saturated heterocycles. The van der Waals surface area contributed by atoms with E-state index in [9.17, 15) is 4.79 Å². The first kappa shape index (κ1) is 16.6. The minimum absolute atomic E-state index is 0.151. The van der Waals surface area contributed by atoms with E-state index in [2.05, 4.69) is 48.7 Å². The molecule has 1 fully saturated rings. The van der Waals surface area contributed by atoms with E-state index in [0.29, 0.717) is 0 Å². The van der Waals surface area contributed by atoms with E-state index in [0.717, 1.165) is 37.1 Å². The quantitative estimate of drug-likeness (QED) is 0.776. The third kappa shape index (κ3) is 3.78. The SMILES string of the molecule is CC(Nc1ccc(NC(=O)C2(C)CCCC2)cc1)c1ccccc1. The van der Waals surface area contributed by atoms with Gasteiger partial charge in [-0.1, -0.05) is 50.1 Å². The summed E-state index contributed by atoms with van der Waals surface area (Å²) in [5.41, 5.74) is 2.98. The zero-order valence-corrected chi connectivity index (χ0v) is 14.5. The third-order valence-corrected chi connectivity index (χ3v) is 5.08. The van der Waals surface area contributed by atoms with Crippen LogP contribution in [0.5, 0.6) is 0 Å². The Bertz CT molecular complexity index is 673. The van der Waals surface area contributed by atoms with Gasteiger partial charge in [0.1, 0.15) is 0 Å². The summed E-state index contributed by atoms with van der Waals surface area (Å²) in [6.07, 6.45) is 4.30. The Balaban J connectivity index is 1.60. The predicted octanol–water partition coefficient (Wildman–Crippen LogP) is 5.38. The van der Waals surface area contributed by atoms with Gasteiger partial charge in [0.25, 0.3) is 0 Å². The van der Waals surface area contributed by atoms with E-state index in [4.69, 9.17) is 0 Å². The van der Waals surface area contributed by atoms with Crippen LogP contribution in [-0.4, -0.2) is 5.91 Å². The second-order valence-corrected chi connectivity index (χ2v) is 7.08. The van der Waals surface area contributed by atoms with Crippen molar-refractivity contribution in [2.24, 2.45) is 5.41 Å². The molecule has 1 aliphatic carbocycles. The number of anilines is 2. The first-order chi connectivity index (χ1) is 11.6. The molecule has 0 heterocycles. The number of rotatable bonds is 5. The summed E-state index contributed by atoms with van der Waals surface area (Å²) >= 11 is 0. The standard InChI is InChI=1S/C21H26N2O/c1-16(17-8-4-3-5-9-17)22-18-10-12-19(13-11-18)23-20(24)21(2)14-6-7-15-21/h3-5,8-13,16,22H,6-7,14-15H2,1-2H3,(H,23,24). The van der Waals surface area contributed by atoms with Crippen LogP contribution in [0, 0.1) is 5.41 Å². The zero-order valence-electron chi connectivity index (χ0n) is 14.5. The van der Waals surface area contributed by atoms with Crippen LogP contribution in [-0.2, 0) is 4.79 Å². The lowest BCUT2D eigenvalue weighted by Gasteiger charge is -2.22. The Labute approximate surface area is 144 Å². The molecule has 2 aromatic rings. The van der Waals surface area contributed by atoms with Gasteiger partial charge >= 0.3 is 0 Å². The zero-order chi connectivity index (χ0) is 17.0. The summed E-state index contributed by atoms with van der Waals surface area (Å²) in [6, 6.07) is 18.6. The number of nitrogens with one attached hydrogen (secondary N) is 2. The van der Waals surface area contributed by atoms with Gasteiger partial charge in [-0.15, -0.1) is 0 Å². The average molecular weight is 322 g/mol. The van der Waals surface area contributed by atoms with Crippen LogP contribution in [0.15, 0.2) is 54.6 Å². The smallest absolute Gasteiger partial charge is 0.230 e. The van der Waals surface area contributed by atoms with Gasteiger partial charge < -0.3 is 10.6 Å². The monoisotopic (exact) mass is 322 g/mol. The second kappa shape index (κ2) is 7.08. The van der Waals surface area contributed by atoms with E-state index < -0.39 is 0 Å². The summed E-state index contributed by atoms with van der Waals surface area (Å²) in [7, 11) is 0. The van der Waals surface area contributed by atoms with Gasteiger partial charge in [0, 0.05) is 22.8 Å². The van der Waals surface area contributed by atoms with Gasteiger partial charge in [-0.3, -0.25) is 4.79 Å². The van der Waals surface area contributed by atoms with Crippen LogP contribution in [0.2, 0.25) is 0 Å². The van der Waals surface area contributed by atoms with Crippen molar-refractivity contribution in [1.29, 1.82) is 0 Å². The highest BCUT2D eigenvalue weighted by Crippen LogP contribution is 2.38. The first-order valence-electron chi connectivity index (χ1n) is 8.80. The molecule has 1 atom stereocenters. The Hall–Kier alpha value is -2.29. The molecule has 1 saturated carbocycles. The van der Waals surface area contributed by atoms with E-state index in [1.165, 1.54) is 5.56 Å². The van der Waals surface area contributed by atoms with Crippen LogP contribution in [0.1, 0.15) is 51.1 Å². The van der Waals surface area contributed by atoms with Crippen molar-refractivity contribution in [3.8, 4) is 0 Å². The molecule has 24 heavy (non-hydrogen) atoms. The minimum Gasteiger partial charge on any atom is -0.379 e. The molecule has 2 N–H and O–H groups in total. The second-order valence-electron chi connectivity index (χ2n) is 7.08.